The van der Waals surface area contributed by atoms with E-state index in [1.54, 1.807) is 0 Å². The number of hydrogen-bond donors (Lipinski definition) is 2. The highest BCUT2D eigenvalue weighted by atomic mass is 16.5. The van der Waals surface area contributed by atoms with E-state index < -0.39 is 36.0 Å². The zero-order valence-corrected chi connectivity index (χ0v) is 20.5. The molecule has 0 radical (unpaired) electrons. The Morgan fingerprint density at radius 3 is 2.00 bits per heavy atom. The van der Waals surface area contributed by atoms with Crippen molar-refractivity contribution in [2.45, 2.75) is 46.6 Å². The molecule has 1 aliphatic rings. The van der Waals surface area contributed by atoms with Crippen LogP contribution in [0.1, 0.15) is 51.7 Å². The Morgan fingerprint density at radius 1 is 1.00 bits per heavy atom. The van der Waals surface area contributed by atoms with Crippen LogP contribution in [-0.2, 0) is 14.3 Å². The standard InChI is InChI=1S/C27H34N2O5/c1-17(2)14-29(15-23(30)31)25(32)24(27(3,4)5)28-26(33)34-16-22-20-12-8-6-10-18(20)19-11-7-9-13-21(19)22/h6-13,17,22,24H,14-16H2,1-5H3,(H,28,33)(H,30,31)/t24-/m1/s1. The van der Waals surface area contributed by atoms with Crippen molar-refractivity contribution in [2.24, 2.45) is 11.3 Å². The van der Waals surface area contributed by atoms with Crippen molar-refractivity contribution in [3.8, 4) is 11.1 Å². The first-order valence-electron chi connectivity index (χ1n) is 11.6. The van der Waals surface area contributed by atoms with Gasteiger partial charge in [0.15, 0.2) is 0 Å². The molecule has 0 aromatic heterocycles. The molecular weight excluding hydrogens is 432 g/mol. The maximum Gasteiger partial charge on any atom is 0.407 e. The van der Waals surface area contributed by atoms with Crippen molar-refractivity contribution in [3.05, 3.63) is 59.7 Å². The normalized spacial score (nSPS) is 13.7. The maximum atomic E-state index is 13.3. The third-order valence-corrected chi connectivity index (χ3v) is 5.94. The summed E-state index contributed by atoms with van der Waals surface area (Å²) in [5, 5.41) is 12.0. The van der Waals surface area contributed by atoms with E-state index in [4.69, 9.17) is 4.74 Å². The van der Waals surface area contributed by atoms with Crippen LogP contribution in [0.2, 0.25) is 0 Å². The van der Waals surface area contributed by atoms with Gasteiger partial charge in [0.2, 0.25) is 5.91 Å². The minimum absolute atomic E-state index is 0.0818. The van der Waals surface area contributed by atoms with Crippen molar-refractivity contribution in [1.29, 1.82) is 0 Å². The third kappa shape index (κ3) is 5.76. The topological polar surface area (TPSA) is 95.9 Å². The minimum Gasteiger partial charge on any atom is -0.480 e. The van der Waals surface area contributed by atoms with Gasteiger partial charge in [0.25, 0.3) is 0 Å². The van der Waals surface area contributed by atoms with Gasteiger partial charge < -0.3 is 20.1 Å². The van der Waals surface area contributed by atoms with E-state index in [9.17, 15) is 19.5 Å². The zero-order valence-electron chi connectivity index (χ0n) is 20.5. The first kappa shape index (κ1) is 25.3. The van der Waals surface area contributed by atoms with Crippen molar-refractivity contribution >= 4 is 18.0 Å². The molecule has 0 unspecified atom stereocenters. The Balaban J connectivity index is 1.74. The van der Waals surface area contributed by atoms with Crippen LogP contribution in [0.4, 0.5) is 4.79 Å². The van der Waals surface area contributed by atoms with Gasteiger partial charge in [-0.3, -0.25) is 9.59 Å². The molecule has 0 saturated heterocycles. The predicted molar refractivity (Wildman–Crippen MR) is 131 cm³/mol. The number of carboxylic acids is 1. The van der Waals surface area contributed by atoms with E-state index in [-0.39, 0.29) is 25.0 Å². The number of nitrogens with zero attached hydrogens (tertiary/aromatic N) is 1. The number of hydrogen-bond acceptors (Lipinski definition) is 4. The Kier molecular flexibility index (Phi) is 7.64. The van der Waals surface area contributed by atoms with Gasteiger partial charge in [0.05, 0.1) is 0 Å². The molecule has 182 valence electrons. The molecule has 2 aromatic carbocycles. The number of aliphatic carboxylic acids is 1. The Hall–Kier alpha value is -3.35. The number of carbonyl (C=O) groups is 3. The van der Waals surface area contributed by atoms with Crippen LogP contribution >= 0.6 is 0 Å². The Morgan fingerprint density at radius 2 is 1.53 bits per heavy atom. The number of ether oxygens (including phenoxy) is 1. The van der Waals surface area contributed by atoms with Crippen LogP contribution in [-0.4, -0.2) is 53.7 Å². The summed E-state index contributed by atoms with van der Waals surface area (Å²) in [4.78, 5) is 38.7. The number of carboxylic acid groups (broad SMARTS) is 1. The molecule has 1 atom stereocenters. The molecule has 0 saturated carbocycles. The zero-order chi connectivity index (χ0) is 25.0. The highest BCUT2D eigenvalue weighted by Crippen LogP contribution is 2.44. The molecule has 0 aliphatic heterocycles. The van der Waals surface area contributed by atoms with Crippen molar-refractivity contribution in [3.63, 3.8) is 0 Å². The quantitative estimate of drug-likeness (QED) is 0.597. The second-order valence-corrected chi connectivity index (χ2v) is 10.3. The highest BCUT2D eigenvalue weighted by Gasteiger charge is 2.37. The van der Waals surface area contributed by atoms with E-state index in [1.807, 2.05) is 71.0 Å². The molecule has 2 aromatic rings. The summed E-state index contributed by atoms with van der Waals surface area (Å²) in [5.41, 5.74) is 3.82. The molecular formula is C27H34N2O5. The molecule has 0 bridgehead atoms. The summed E-state index contributed by atoms with van der Waals surface area (Å²) in [6.07, 6.45) is -0.699. The van der Waals surface area contributed by atoms with E-state index in [2.05, 4.69) is 17.4 Å². The number of carbonyl (C=O) groups excluding carboxylic acids is 2. The lowest BCUT2D eigenvalue weighted by Gasteiger charge is -2.34. The summed E-state index contributed by atoms with van der Waals surface area (Å²) in [6, 6.07) is 15.2. The van der Waals surface area contributed by atoms with E-state index in [1.165, 1.54) is 4.90 Å². The van der Waals surface area contributed by atoms with Crippen LogP contribution in [0.25, 0.3) is 11.1 Å². The molecule has 0 heterocycles. The number of fused-ring (bicyclic) bond motifs is 3. The van der Waals surface area contributed by atoms with E-state index >= 15 is 0 Å². The van der Waals surface area contributed by atoms with E-state index in [0.29, 0.717) is 0 Å². The fourth-order valence-electron chi connectivity index (χ4n) is 4.43. The van der Waals surface area contributed by atoms with Crippen LogP contribution < -0.4 is 5.32 Å². The average molecular weight is 467 g/mol. The minimum atomic E-state index is -1.09. The highest BCUT2D eigenvalue weighted by molar-refractivity contribution is 5.89. The fourth-order valence-corrected chi connectivity index (χ4v) is 4.43. The van der Waals surface area contributed by atoms with Gasteiger partial charge >= 0.3 is 12.1 Å². The Labute approximate surface area is 201 Å². The van der Waals surface area contributed by atoms with Crippen molar-refractivity contribution in [2.75, 3.05) is 19.7 Å². The summed E-state index contributed by atoms with van der Waals surface area (Å²) in [7, 11) is 0. The van der Waals surface area contributed by atoms with Crippen LogP contribution in [0, 0.1) is 11.3 Å². The first-order chi connectivity index (χ1) is 16.0. The largest absolute Gasteiger partial charge is 0.480 e. The first-order valence-corrected chi connectivity index (χ1v) is 11.6. The summed E-state index contributed by atoms with van der Waals surface area (Å²) in [5.74, 6) is -1.54. The van der Waals surface area contributed by atoms with Gasteiger partial charge in [-0.05, 0) is 33.6 Å². The average Bonchev–Trinajstić information content (AvgIpc) is 3.07. The molecule has 34 heavy (non-hydrogen) atoms. The van der Waals surface area contributed by atoms with Gasteiger partial charge in [-0.25, -0.2) is 4.79 Å². The molecule has 2 N–H and O–H groups in total. The second kappa shape index (κ2) is 10.3. The third-order valence-electron chi connectivity index (χ3n) is 5.94. The maximum absolute atomic E-state index is 13.3. The lowest BCUT2D eigenvalue weighted by atomic mass is 9.85. The summed E-state index contributed by atoms with van der Waals surface area (Å²) < 4.78 is 5.62. The number of nitrogens with one attached hydrogen (secondary N) is 1. The summed E-state index contributed by atoms with van der Waals surface area (Å²) >= 11 is 0. The van der Waals surface area contributed by atoms with Crippen molar-refractivity contribution < 1.29 is 24.2 Å². The van der Waals surface area contributed by atoms with Gasteiger partial charge in [0.1, 0.15) is 19.2 Å². The number of amides is 2. The molecule has 7 heteroatoms. The van der Waals surface area contributed by atoms with E-state index in [0.717, 1.165) is 22.3 Å². The van der Waals surface area contributed by atoms with Gasteiger partial charge in [0, 0.05) is 12.5 Å². The van der Waals surface area contributed by atoms with Gasteiger partial charge in [-0.1, -0.05) is 83.1 Å². The number of alkyl carbamates (subject to hydrolysis) is 1. The molecule has 1 aliphatic carbocycles. The van der Waals surface area contributed by atoms with Crippen LogP contribution in [0.15, 0.2) is 48.5 Å². The molecule has 7 nitrogen and oxygen atoms in total. The van der Waals surface area contributed by atoms with Crippen LogP contribution in [0.3, 0.4) is 0 Å². The number of rotatable bonds is 8. The molecule has 3 rings (SSSR count). The fraction of sp³-hybridized carbons (Fsp3) is 0.444. The monoisotopic (exact) mass is 466 g/mol. The summed E-state index contributed by atoms with van der Waals surface area (Å²) in [6.45, 7) is 9.30. The molecule has 2 amide bonds. The molecule has 0 fully saturated rings. The van der Waals surface area contributed by atoms with Crippen LogP contribution in [0.5, 0.6) is 0 Å². The predicted octanol–water partition coefficient (Wildman–Crippen LogP) is 4.51. The van der Waals surface area contributed by atoms with Crippen molar-refractivity contribution in [1.82, 2.24) is 10.2 Å². The number of benzene rings is 2. The lowest BCUT2D eigenvalue weighted by Crippen LogP contribution is -2.56. The van der Waals surface area contributed by atoms with Gasteiger partial charge in [-0.15, -0.1) is 0 Å². The SMILES string of the molecule is CC(C)CN(CC(=O)O)C(=O)[C@@H](NC(=O)OCC1c2ccccc2-c2ccccc21)C(C)(C)C. The second-order valence-electron chi connectivity index (χ2n) is 10.3. The Bertz CT molecular complexity index is 1010. The lowest BCUT2D eigenvalue weighted by molar-refractivity contribution is -0.147. The molecule has 0 spiro atoms. The van der Waals surface area contributed by atoms with Gasteiger partial charge in [-0.2, -0.15) is 0 Å². The smallest absolute Gasteiger partial charge is 0.407 e.